The molecular formula is C12H19F2NO4. The summed E-state index contributed by atoms with van der Waals surface area (Å²) in [6.45, 7) is 0. The summed E-state index contributed by atoms with van der Waals surface area (Å²) in [5.41, 5.74) is 0. The second kappa shape index (κ2) is 6.68. The molecule has 1 rings (SSSR count). The van der Waals surface area contributed by atoms with Gasteiger partial charge in [0.15, 0.2) is 0 Å². The van der Waals surface area contributed by atoms with Crippen molar-refractivity contribution in [3.05, 3.63) is 0 Å². The highest BCUT2D eigenvalue weighted by atomic mass is 19.3. The number of ether oxygens (including phenoxy) is 2. The van der Waals surface area contributed by atoms with Crippen molar-refractivity contribution in [2.24, 2.45) is 5.92 Å². The second-order valence-corrected chi connectivity index (χ2v) is 4.68. The van der Waals surface area contributed by atoms with Crippen LogP contribution in [0.25, 0.3) is 0 Å². The standard InChI is InChI=1S/C12H19F2NO4/c1-18-10(16)9(15-11(17)19-2)8-4-3-6-12(13,14)7-5-8/h8-9H,3-7H2,1-2H3,(H,15,17)/t8?,9-/m0/s1. The van der Waals surface area contributed by atoms with E-state index in [0.717, 1.165) is 0 Å². The first-order valence-electron chi connectivity index (χ1n) is 6.20. The summed E-state index contributed by atoms with van der Waals surface area (Å²) in [6, 6.07) is -0.939. The molecule has 0 aromatic rings. The number of hydrogen-bond donors (Lipinski definition) is 1. The number of nitrogens with one attached hydrogen (secondary N) is 1. The summed E-state index contributed by atoms with van der Waals surface area (Å²) in [7, 11) is 2.37. The molecule has 0 spiro atoms. The van der Waals surface area contributed by atoms with Gasteiger partial charge in [0, 0.05) is 12.8 Å². The average molecular weight is 279 g/mol. The van der Waals surface area contributed by atoms with E-state index in [0.29, 0.717) is 12.8 Å². The van der Waals surface area contributed by atoms with Gasteiger partial charge in [-0.3, -0.25) is 0 Å². The maximum atomic E-state index is 13.3. The molecule has 1 saturated carbocycles. The van der Waals surface area contributed by atoms with Gasteiger partial charge in [-0.2, -0.15) is 0 Å². The minimum atomic E-state index is -2.69. The zero-order valence-corrected chi connectivity index (χ0v) is 11.1. The Morgan fingerprint density at radius 2 is 1.89 bits per heavy atom. The van der Waals surface area contributed by atoms with Gasteiger partial charge >= 0.3 is 12.1 Å². The number of halogens is 2. The maximum Gasteiger partial charge on any atom is 0.407 e. The Hall–Kier alpha value is -1.40. The molecule has 7 heteroatoms. The Kier molecular flexibility index (Phi) is 5.50. The Morgan fingerprint density at radius 1 is 1.21 bits per heavy atom. The van der Waals surface area contributed by atoms with Crippen LogP contribution in [0.2, 0.25) is 0 Å². The molecule has 2 atom stereocenters. The fraction of sp³-hybridized carbons (Fsp3) is 0.833. The average Bonchev–Trinajstić information content (AvgIpc) is 2.55. The molecule has 1 aliphatic carbocycles. The Labute approximate surface area is 110 Å². The molecular weight excluding hydrogens is 260 g/mol. The summed E-state index contributed by atoms with van der Waals surface area (Å²) in [4.78, 5) is 22.9. The van der Waals surface area contributed by atoms with Gasteiger partial charge in [0.25, 0.3) is 0 Å². The molecule has 0 aromatic carbocycles. The van der Waals surface area contributed by atoms with Crippen LogP contribution in [0.1, 0.15) is 32.1 Å². The van der Waals surface area contributed by atoms with Crippen molar-refractivity contribution in [3.8, 4) is 0 Å². The first kappa shape index (κ1) is 15.7. The van der Waals surface area contributed by atoms with Crippen LogP contribution < -0.4 is 5.32 Å². The number of methoxy groups -OCH3 is 2. The van der Waals surface area contributed by atoms with E-state index in [4.69, 9.17) is 0 Å². The molecule has 1 unspecified atom stereocenters. The van der Waals surface area contributed by atoms with Crippen LogP contribution in [0.4, 0.5) is 13.6 Å². The molecule has 0 aromatic heterocycles. The molecule has 19 heavy (non-hydrogen) atoms. The molecule has 0 heterocycles. The van der Waals surface area contributed by atoms with Crippen molar-refractivity contribution in [1.82, 2.24) is 5.32 Å². The second-order valence-electron chi connectivity index (χ2n) is 4.68. The van der Waals surface area contributed by atoms with Gasteiger partial charge in [-0.05, 0) is 25.2 Å². The third kappa shape index (κ3) is 4.65. The number of carbonyl (C=O) groups is 2. The fourth-order valence-electron chi connectivity index (χ4n) is 2.30. The summed E-state index contributed by atoms with van der Waals surface area (Å²) in [5, 5.41) is 2.36. The van der Waals surface area contributed by atoms with Crippen molar-refractivity contribution in [1.29, 1.82) is 0 Å². The van der Waals surface area contributed by atoms with Crippen LogP contribution in [-0.4, -0.2) is 38.2 Å². The minimum absolute atomic E-state index is 0.163. The highest BCUT2D eigenvalue weighted by Crippen LogP contribution is 2.35. The molecule has 0 saturated heterocycles. The largest absolute Gasteiger partial charge is 0.467 e. The van der Waals surface area contributed by atoms with E-state index in [1.807, 2.05) is 0 Å². The minimum Gasteiger partial charge on any atom is -0.467 e. The Balaban J connectivity index is 2.74. The van der Waals surface area contributed by atoms with Crippen LogP contribution in [-0.2, 0) is 14.3 Å². The fourth-order valence-corrected chi connectivity index (χ4v) is 2.30. The van der Waals surface area contributed by atoms with Gasteiger partial charge < -0.3 is 14.8 Å². The van der Waals surface area contributed by atoms with Crippen LogP contribution in [0, 0.1) is 5.92 Å². The smallest absolute Gasteiger partial charge is 0.407 e. The molecule has 1 aliphatic rings. The lowest BCUT2D eigenvalue weighted by atomic mass is 9.92. The predicted octanol–water partition coefficient (Wildman–Crippen LogP) is 2.10. The van der Waals surface area contributed by atoms with E-state index >= 15 is 0 Å². The zero-order valence-electron chi connectivity index (χ0n) is 11.1. The highest BCUT2D eigenvalue weighted by molar-refractivity contribution is 5.81. The van der Waals surface area contributed by atoms with E-state index in [-0.39, 0.29) is 25.2 Å². The van der Waals surface area contributed by atoms with Gasteiger partial charge in [0.1, 0.15) is 6.04 Å². The number of hydrogen-bond acceptors (Lipinski definition) is 4. The summed E-state index contributed by atoms with van der Waals surface area (Å²) in [5.74, 6) is -3.69. The van der Waals surface area contributed by atoms with Gasteiger partial charge in [-0.25, -0.2) is 18.4 Å². The molecule has 1 fully saturated rings. The van der Waals surface area contributed by atoms with E-state index in [1.54, 1.807) is 0 Å². The first-order chi connectivity index (χ1) is 8.89. The lowest BCUT2D eigenvalue weighted by Gasteiger charge is -2.24. The van der Waals surface area contributed by atoms with Crippen molar-refractivity contribution in [2.45, 2.75) is 44.1 Å². The molecule has 0 bridgehead atoms. The topological polar surface area (TPSA) is 64.6 Å². The zero-order chi connectivity index (χ0) is 14.5. The van der Waals surface area contributed by atoms with E-state index in [2.05, 4.69) is 14.8 Å². The quantitative estimate of drug-likeness (QED) is 0.634. The molecule has 1 amide bonds. The molecule has 1 N–H and O–H groups in total. The predicted molar refractivity (Wildman–Crippen MR) is 62.9 cm³/mol. The number of esters is 1. The van der Waals surface area contributed by atoms with Crippen molar-refractivity contribution in [3.63, 3.8) is 0 Å². The lowest BCUT2D eigenvalue weighted by molar-refractivity contribution is -0.144. The van der Waals surface area contributed by atoms with E-state index < -0.39 is 24.0 Å². The normalized spacial score (nSPS) is 23.9. The number of rotatable bonds is 3. The lowest BCUT2D eigenvalue weighted by Crippen LogP contribution is -2.46. The van der Waals surface area contributed by atoms with Gasteiger partial charge in [0.05, 0.1) is 14.2 Å². The van der Waals surface area contributed by atoms with Gasteiger partial charge in [-0.1, -0.05) is 0 Å². The number of carbonyl (C=O) groups excluding carboxylic acids is 2. The molecule has 0 radical (unpaired) electrons. The van der Waals surface area contributed by atoms with Crippen molar-refractivity contribution >= 4 is 12.1 Å². The first-order valence-corrected chi connectivity index (χ1v) is 6.20. The van der Waals surface area contributed by atoms with Gasteiger partial charge in [-0.15, -0.1) is 0 Å². The number of amides is 1. The van der Waals surface area contributed by atoms with E-state index in [1.165, 1.54) is 14.2 Å². The van der Waals surface area contributed by atoms with Crippen LogP contribution in [0.15, 0.2) is 0 Å². The summed E-state index contributed by atoms with van der Waals surface area (Å²) < 4.78 is 35.6. The third-order valence-corrected chi connectivity index (χ3v) is 3.38. The summed E-state index contributed by atoms with van der Waals surface area (Å²) >= 11 is 0. The SMILES string of the molecule is COC(=O)N[C@H](C(=O)OC)C1CCCC(F)(F)CC1. The molecule has 0 aliphatic heterocycles. The Morgan fingerprint density at radius 3 is 2.47 bits per heavy atom. The van der Waals surface area contributed by atoms with E-state index in [9.17, 15) is 18.4 Å². The third-order valence-electron chi connectivity index (χ3n) is 3.38. The summed E-state index contributed by atoms with van der Waals surface area (Å²) in [6.07, 6.45) is -0.320. The van der Waals surface area contributed by atoms with Crippen molar-refractivity contribution in [2.75, 3.05) is 14.2 Å². The van der Waals surface area contributed by atoms with Gasteiger partial charge in [0.2, 0.25) is 5.92 Å². The van der Waals surface area contributed by atoms with Crippen LogP contribution >= 0.6 is 0 Å². The van der Waals surface area contributed by atoms with Crippen LogP contribution in [0.3, 0.4) is 0 Å². The number of alkyl halides is 2. The molecule has 110 valence electrons. The maximum absolute atomic E-state index is 13.3. The highest BCUT2D eigenvalue weighted by Gasteiger charge is 2.38. The van der Waals surface area contributed by atoms with Crippen LogP contribution in [0.5, 0.6) is 0 Å². The Bertz CT molecular complexity index is 336. The number of alkyl carbamates (subject to hydrolysis) is 1. The van der Waals surface area contributed by atoms with Crippen molar-refractivity contribution < 1.29 is 27.8 Å². The monoisotopic (exact) mass is 279 g/mol. The molecule has 5 nitrogen and oxygen atoms in total.